The van der Waals surface area contributed by atoms with Crippen LogP contribution in [0.15, 0.2) is 35.2 Å². The van der Waals surface area contributed by atoms with Crippen molar-refractivity contribution in [3.05, 3.63) is 68.3 Å². The third-order valence-corrected chi connectivity index (χ3v) is 6.47. The Morgan fingerprint density at radius 1 is 1.07 bits per heavy atom. The maximum atomic E-state index is 12.7. The molecule has 0 atom stereocenters. The number of benzene rings is 2. The van der Waals surface area contributed by atoms with Crippen molar-refractivity contribution in [2.75, 3.05) is 6.54 Å². The molecule has 0 bridgehead atoms. The lowest BCUT2D eigenvalue weighted by atomic mass is 10.0. The quantitative estimate of drug-likeness (QED) is 0.398. The molecule has 0 saturated heterocycles. The molecule has 1 N–H and O–H groups in total. The summed E-state index contributed by atoms with van der Waals surface area (Å²) in [6, 6.07) is 7.59. The van der Waals surface area contributed by atoms with Gasteiger partial charge in [0.15, 0.2) is 0 Å². The van der Waals surface area contributed by atoms with E-state index in [0.717, 1.165) is 11.1 Å². The van der Waals surface area contributed by atoms with Gasteiger partial charge in [-0.25, -0.2) is 13.1 Å². The van der Waals surface area contributed by atoms with Crippen molar-refractivity contribution in [3.63, 3.8) is 0 Å². The molecule has 2 aromatic rings. The highest BCUT2D eigenvalue weighted by molar-refractivity contribution is 7.89. The lowest BCUT2D eigenvalue weighted by Crippen LogP contribution is -2.28. The largest absolute Gasteiger partial charge is 0.461 e. The standard InChI is InChI=1S/C20H24N2O6S/c1-13-11-14(2)16(4)20(15(13)3)29(26,27)21-10-9-19(23)28-12-17-5-7-18(8-6-17)22(24)25/h5-8,11,21H,9-10,12H2,1-4H3. The number of carbonyl (C=O) groups is 1. The molecule has 8 nitrogen and oxygen atoms in total. The van der Waals surface area contributed by atoms with Crippen molar-refractivity contribution < 1.29 is 22.9 Å². The van der Waals surface area contributed by atoms with Crippen LogP contribution in [0.4, 0.5) is 5.69 Å². The highest BCUT2D eigenvalue weighted by Gasteiger charge is 2.22. The van der Waals surface area contributed by atoms with Crippen LogP contribution in [0.2, 0.25) is 0 Å². The first-order valence-corrected chi connectivity index (χ1v) is 10.5. The second-order valence-corrected chi connectivity index (χ2v) is 8.53. The molecular weight excluding hydrogens is 396 g/mol. The van der Waals surface area contributed by atoms with Gasteiger partial charge >= 0.3 is 5.97 Å². The number of carbonyl (C=O) groups excluding carboxylic acids is 1. The topological polar surface area (TPSA) is 116 Å². The van der Waals surface area contributed by atoms with E-state index in [1.165, 1.54) is 24.3 Å². The summed E-state index contributed by atoms with van der Waals surface area (Å²) in [7, 11) is -3.76. The van der Waals surface area contributed by atoms with Crippen LogP contribution in [0.25, 0.3) is 0 Å². The number of hydrogen-bond donors (Lipinski definition) is 1. The molecule has 0 heterocycles. The van der Waals surface area contributed by atoms with Gasteiger partial charge in [-0.05, 0) is 67.6 Å². The van der Waals surface area contributed by atoms with Crippen molar-refractivity contribution in [2.24, 2.45) is 0 Å². The zero-order valence-corrected chi connectivity index (χ0v) is 17.6. The molecule has 0 aliphatic heterocycles. The summed E-state index contributed by atoms with van der Waals surface area (Å²) < 4.78 is 33.0. The lowest BCUT2D eigenvalue weighted by Gasteiger charge is -2.16. The van der Waals surface area contributed by atoms with E-state index in [2.05, 4.69) is 4.72 Å². The predicted octanol–water partition coefficient (Wildman–Crippen LogP) is 3.24. The Kier molecular flexibility index (Phi) is 7.10. The number of nitrogens with zero attached hydrogens (tertiary/aromatic N) is 1. The second-order valence-electron chi connectivity index (χ2n) is 6.82. The van der Waals surface area contributed by atoms with E-state index in [4.69, 9.17) is 4.74 Å². The van der Waals surface area contributed by atoms with Crippen LogP contribution in [0.3, 0.4) is 0 Å². The van der Waals surface area contributed by atoms with Gasteiger partial charge in [-0.15, -0.1) is 0 Å². The molecule has 0 aromatic heterocycles. The van der Waals surface area contributed by atoms with Crippen LogP contribution < -0.4 is 4.72 Å². The number of aryl methyl sites for hydroxylation is 2. The molecule has 29 heavy (non-hydrogen) atoms. The molecule has 0 aliphatic carbocycles. The summed E-state index contributed by atoms with van der Waals surface area (Å²) in [5.41, 5.74) is 3.69. The molecule has 0 unspecified atom stereocenters. The predicted molar refractivity (Wildman–Crippen MR) is 108 cm³/mol. The Morgan fingerprint density at radius 3 is 2.14 bits per heavy atom. The summed E-state index contributed by atoms with van der Waals surface area (Å²) in [6.07, 6.45) is -0.130. The first-order chi connectivity index (χ1) is 13.5. The molecule has 2 aromatic carbocycles. The number of sulfonamides is 1. The summed E-state index contributed by atoms with van der Waals surface area (Å²) in [4.78, 5) is 22.2. The van der Waals surface area contributed by atoms with E-state index < -0.39 is 20.9 Å². The Labute approximate surface area is 170 Å². The van der Waals surface area contributed by atoms with Crippen molar-refractivity contribution in [1.82, 2.24) is 4.72 Å². The number of esters is 1. The fourth-order valence-electron chi connectivity index (χ4n) is 2.89. The molecule has 0 radical (unpaired) electrons. The van der Waals surface area contributed by atoms with Crippen molar-refractivity contribution in [3.8, 4) is 0 Å². The van der Waals surface area contributed by atoms with E-state index in [1.54, 1.807) is 13.8 Å². The number of rotatable bonds is 8. The lowest BCUT2D eigenvalue weighted by molar-refractivity contribution is -0.384. The second kappa shape index (κ2) is 9.15. The molecule has 156 valence electrons. The summed E-state index contributed by atoms with van der Waals surface area (Å²) in [6.45, 7) is 7.10. The zero-order chi connectivity index (χ0) is 21.8. The van der Waals surface area contributed by atoms with Crippen molar-refractivity contribution in [1.29, 1.82) is 0 Å². The number of non-ortho nitro benzene ring substituents is 1. The van der Waals surface area contributed by atoms with Gasteiger partial charge in [-0.1, -0.05) is 6.07 Å². The number of nitro groups is 1. The van der Waals surface area contributed by atoms with E-state index in [-0.39, 0.29) is 30.2 Å². The van der Waals surface area contributed by atoms with Gasteiger partial charge in [0.25, 0.3) is 5.69 Å². The fraction of sp³-hybridized carbons (Fsp3) is 0.350. The first kappa shape index (κ1) is 22.5. The van der Waals surface area contributed by atoms with Gasteiger partial charge in [-0.3, -0.25) is 14.9 Å². The van der Waals surface area contributed by atoms with E-state index >= 15 is 0 Å². The maximum Gasteiger partial charge on any atom is 0.307 e. The minimum absolute atomic E-state index is 0.0428. The molecule has 9 heteroatoms. The average Bonchev–Trinajstić information content (AvgIpc) is 2.65. The Morgan fingerprint density at radius 2 is 1.62 bits per heavy atom. The van der Waals surface area contributed by atoms with E-state index in [0.29, 0.717) is 16.7 Å². The molecule has 0 amide bonds. The number of nitro benzene ring substituents is 1. The fourth-order valence-corrected chi connectivity index (χ4v) is 4.54. The number of hydrogen-bond acceptors (Lipinski definition) is 6. The Hall–Kier alpha value is -2.78. The highest BCUT2D eigenvalue weighted by Crippen LogP contribution is 2.25. The SMILES string of the molecule is Cc1cc(C)c(C)c(S(=O)(=O)NCCC(=O)OCc2ccc([N+](=O)[O-])cc2)c1C. The van der Waals surface area contributed by atoms with Crippen LogP contribution in [-0.4, -0.2) is 25.9 Å². The van der Waals surface area contributed by atoms with Gasteiger partial charge in [-0.2, -0.15) is 0 Å². The normalized spacial score (nSPS) is 11.3. The van der Waals surface area contributed by atoms with Crippen molar-refractivity contribution in [2.45, 2.75) is 45.6 Å². The van der Waals surface area contributed by atoms with Crippen molar-refractivity contribution >= 4 is 21.7 Å². The zero-order valence-electron chi connectivity index (χ0n) is 16.8. The smallest absolute Gasteiger partial charge is 0.307 e. The minimum atomic E-state index is -3.76. The van der Waals surface area contributed by atoms with E-state index in [9.17, 15) is 23.3 Å². The molecule has 0 spiro atoms. The van der Waals surface area contributed by atoms with Gasteiger partial charge in [0.2, 0.25) is 10.0 Å². The first-order valence-electron chi connectivity index (χ1n) is 8.99. The third-order valence-electron chi connectivity index (χ3n) is 4.73. The van der Waals surface area contributed by atoms with Gasteiger partial charge in [0.1, 0.15) is 6.61 Å². The monoisotopic (exact) mass is 420 g/mol. The highest BCUT2D eigenvalue weighted by atomic mass is 32.2. The third kappa shape index (κ3) is 5.61. The van der Waals surface area contributed by atoms with Crippen LogP contribution in [0.5, 0.6) is 0 Å². The molecule has 0 aliphatic rings. The summed E-state index contributed by atoms with van der Waals surface area (Å²) in [5.74, 6) is -0.570. The van der Waals surface area contributed by atoms with Crippen LogP contribution in [0, 0.1) is 37.8 Å². The van der Waals surface area contributed by atoms with Crippen LogP contribution >= 0.6 is 0 Å². The summed E-state index contributed by atoms with van der Waals surface area (Å²) in [5, 5.41) is 10.6. The van der Waals surface area contributed by atoms with Crippen LogP contribution in [0.1, 0.15) is 34.2 Å². The number of nitrogens with one attached hydrogen (secondary N) is 1. The Bertz CT molecular complexity index is 1000. The minimum Gasteiger partial charge on any atom is -0.461 e. The molecule has 0 fully saturated rings. The summed E-state index contributed by atoms with van der Waals surface area (Å²) >= 11 is 0. The molecule has 2 rings (SSSR count). The van der Waals surface area contributed by atoms with Gasteiger partial charge in [0.05, 0.1) is 16.2 Å². The van der Waals surface area contributed by atoms with Crippen LogP contribution in [-0.2, 0) is 26.2 Å². The van der Waals surface area contributed by atoms with Gasteiger partial charge < -0.3 is 4.74 Å². The number of ether oxygens (including phenoxy) is 1. The van der Waals surface area contributed by atoms with Gasteiger partial charge in [0, 0.05) is 18.7 Å². The Balaban J connectivity index is 1.92. The van der Waals surface area contributed by atoms with E-state index in [1.807, 2.05) is 19.9 Å². The maximum absolute atomic E-state index is 12.7. The average molecular weight is 420 g/mol. The molecule has 0 saturated carbocycles. The molecular formula is C20H24N2O6S.